The molecular formula is C25H19ClN4OS. The monoisotopic (exact) mass is 458 g/mol. The molecule has 0 bridgehead atoms. The van der Waals surface area contributed by atoms with Crippen LogP contribution in [-0.4, -0.2) is 14.5 Å². The van der Waals surface area contributed by atoms with Crippen molar-refractivity contribution in [1.82, 2.24) is 14.5 Å². The van der Waals surface area contributed by atoms with Crippen molar-refractivity contribution < 1.29 is 0 Å². The Kier molecular flexibility index (Phi) is 5.47. The van der Waals surface area contributed by atoms with E-state index < -0.39 is 0 Å². The molecule has 0 spiro atoms. The molecule has 5 aromatic rings. The first-order chi connectivity index (χ1) is 15.6. The Bertz CT molecular complexity index is 1460. The Morgan fingerprint density at radius 1 is 0.969 bits per heavy atom. The van der Waals surface area contributed by atoms with Crippen molar-refractivity contribution in [1.29, 1.82) is 0 Å². The van der Waals surface area contributed by atoms with E-state index in [9.17, 15) is 4.79 Å². The van der Waals surface area contributed by atoms with Crippen molar-refractivity contribution in [3.05, 3.63) is 105 Å². The highest BCUT2D eigenvalue weighted by Gasteiger charge is 2.13. The molecule has 0 saturated heterocycles. The SMILES string of the molecule is Cc1ccc(-n2c(CNc3nc(-c4ccc(Cl)cc4)cs3)nc3ccccc3c2=O)cc1. The summed E-state index contributed by atoms with van der Waals surface area (Å²) in [6.45, 7) is 2.38. The van der Waals surface area contributed by atoms with Gasteiger partial charge in [-0.05, 0) is 43.3 Å². The van der Waals surface area contributed by atoms with Gasteiger partial charge in [-0.15, -0.1) is 11.3 Å². The molecule has 0 aliphatic carbocycles. The highest BCUT2D eigenvalue weighted by atomic mass is 35.5. The largest absolute Gasteiger partial charge is 0.354 e. The molecule has 0 aliphatic heterocycles. The van der Waals surface area contributed by atoms with E-state index >= 15 is 0 Å². The van der Waals surface area contributed by atoms with Crippen LogP contribution in [-0.2, 0) is 6.54 Å². The first-order valence-electron chi connectivity index (χ1n) is 10.1. The van der Waals surface area contributed by atoms with Crippen LogP contribution in [0, 0.1) is 6.92 Å². The molecule has 32 heavy (non-hydrogen) atoms. The summed E-state index contributed by atoms with van der Waals surface area (Å²) in [6.07, 6.45) is 0. The van der Waals surface area contributed by atoms with E-state index in [1.165, 1.54) is 11.3 Å². The summed E-state index contributed by atoms with van der Waals surface area (Å²) in [4.78, 5) is 22.8. The van der Waals surface area contributed by atoms with Crippen molar-refractivity contribution in [2.45, 2.75) is 13.5 Å². The van der Waals surface area contributed by atoms with E-state index in [2.05, 4.69) is 10.3 Å². The zero-order chi connectivity index (χ0) is 22.1. The van der Waals surface area contributed by atoms with Crippen molar-refractivity contribution in [3.8, 4) is 16.9 Å². The van der Waals surface area contributed by atoms with Gasteiger partial charge in [0.25, 0.3) is 5.56 Å². The molecule has 3 aromatic carbocycles. The van der Waals surface area contributed by atoms with Gasteiger partial charge in [0.2, 0.25) is 0 Å². The summed E-state index contributed by atoms with van der Waals surface area (Å²) in [5, 5.41) is 7.37. The lowest BCUT2D eigenvalue weighted by Gasteiger charge is -2.14. The van der Waals surface area contributed by atoms with Gasteiger partial charge in [-0.2, -0.15) is 0 Å². The third-order valence-electron chi connectivity index (χ3n) is 5.18. The van der Waals surface area contributed by atoms with Crippen molar-refractivity contribution in [2.24, 2.45) is 0 Å². The van der Waals surface area contributed by atoms with E-state index in [1.807, 2.05) is 85.1 Å². The minimum absolute atomic E-state index is 0.0859. The molecule has 7 heteroatoms. The molecule has 0 saturated carbocycles. The molecular weight excluding hydrogens is 440 g/mol. The molecule has 5 rings (SSSR count). The Morgan fingerprint density at radius 3 is 2.50 bits per heavy atom. The number of para-hydroxylation sites is 1. The number of aryl methyl sites for hydroxylation is 1. The van der Waals surface area contributed by atoms with Crippen LogP contribution in [0.5, 0.6) is 0 Å². The number of nitrogens with one attached hydrogen (secondary N) is 1. The number of fused-ring (bicyclic) bond motifs is 1. The summed E-state index contributed by atoms with van der Waals surface area (Å²) >= 11 is 7.49. The van der Waals surface area contributed by atoms with E-state index in [0.29, 0.717) is 28.3 Å². The van der Waals surface area contributed by atoms with Crippen molar-refractivity contribution in [2.75, 3.05) is 5.32 Å². The van der Waals surface area contributed by atoms with Gasteiger partial charge in [0, 0.05) is 16.0 Å². The second kappa shape index (κ2) is 8.57. The number of hydrogen-bond acceptors (Lipinski definition) is 5. The third kappa shape index (κ3) is 4.02. The molecule has 0 radical (unpaired) electrons. The molecule has 5 nitrogen and oxygen atoms in total. The van der Waals surface area contributed by atoms with Gasteiger partial charge in [-0.3, -0.25) is 9.36 Å². The summed E-state index contributed by atoms with van der Waals surface area (Å²) in [7, 11) is 0. The number of rotatable bonds is 5. The molecule has 0 aliphatic rings. The lowest BCUT2D eigenvalue weighted by Crippen LogP contribution is -2.25. The van der Waals surface area contributed by atoms with Crippen LogP contribution in [0.25, 0.3) is 27.8 Å². The summed E-state index contributed by atoms with van der Waals surface area (Å²) in [5.74, 6) is 0.626. The Hall–Kier alpha value is -3.48. The second-order valence-corrected chi connectivity index (χ2v) is 8.71. The van der Waals surface area contributed by atoms with E-state index in [4.69, 9.17) is 16.6 Å². The first kappa shape index (κ1) is 20.4. The molecule has 0 amide bonds. The number of nitrogens with zero attached hydrogens (tertiary/aromatic N) is 3. The van der Waals surface area contributed by atoms with Gasteiger partial charge in [0.15, 0.2) is 5.13 Å². The predicted octanol–water partition coefficient (Wildman–Crippen LogP) is 6.08. The van der Waals surface area contributed by atoms with Crippen molar-refractivity contribution in [3.63, 3.8) is 0 Å². The van der Waals surface area contributed by atoms with Gasteiger partial charge in [-0.25, -0.2) is 9.97 Å². The topological polar surface area (TPSA) is 59.8 Å². The maximum atomic E-state index is 13.3. The Morgan fingerprint density at radius 2 is 1.72 bits per heavy atom. The number of anilines is 1. The fourth-order valence-electron chi connectivity index (χ4n) is 3.52. The van der Waals surface area contributed by atoms with Crippen LogP contribution in [0.4, 0.5) is 5.13 Å². The maximum Gasteiger partial charge on any atom is 0.266 e. The standard InChI is InChI=1S/C25H19ClN4OS/c1-16-6-12-19(13-7-16)30-23(28-21-5-3-2-4-20(21)24(30)31)14-27-25-29-22(15-32-25)17-8-10-18(26)11-9-17/h2-13,15H,14H2,1H3,(H,27,29). The molecule has 0 fully saturated rings. The molecule has 2 heterocycles. The molecule has 158 valence electrons. The number of benzene rings is 3. The minimum Gasteiger partial charge on any atom is -0.354 e. The van der Waals surface area contributed by atoms with Crippen LogP contribution in [0.2, 0.25) is 5.02 Å². The Labute approximate surface area is 194 Å². The van der Waals surface area contributed by atoms with Gasteiger partial charge in [-0.1, -0.05) is 53.6 Å². The van der Waals surface area contributed by atoms with Gasteiger partial charge >= 0.3 is 0 Å². The molecule has 0 unspecified atom stereocenters. The normalized spacial score (nSPS) is 11.1. The zero-order valence-corrected chi connectivity index (χ0v) is 18.8. The fourth-order valence-corrected chi connectivity index (χ4v) is 4.36. The van der Waals surface area contributed by atoms with Crippen LogP contribution in [0.1, 0.15) is 11.4 Å². The smallest absolute Gasteiger partial charge is 0.266 e. The average Bonchev–Trinajstić information content (AvgIpc) is 3.28. The molecule has 0 atom stereocenters. The molecule has 2 aromatic heterocycles. The predicted molar refractivity (Wildman–Crippen MR) is 132 cm³/mol. The van der Waals surface area contributed by atoms with Crippen LogP contribution in [0.3, 0.4) is 0 Å². The lowest BCUT2D eigenvalue weighted by atomic mass is 10.2. The maximum absolute atomic E-state index is 13.3. The quantitative estimate of drug-likeness (QED) is 0.346. The van der Waals surface area contributed by atoms with Crippen LogP contribution in [0.15, 0.2) is 83.0 Å². The van der Waals surface area contributed by atoms with Crippen molar-refractivity contribution >= 4 is 39.0 Å². The van der Waals surface area contributed by atoms with Crippen LogP contribution < -0.4 is 10.9 Å². The highest BCUT2D eigenvalue weighted by Crippen LogP contribution is 2.26. The summed E-state index contributed by atoms with van der Waals surface area (Å²) in [6, 6.07) is 22.9. The third-order valence-corrected chi connectivity index (χ3v) is 6.23. The molecule has 1 N–H and O–H groups in total. The lowest BCUT2D eigenvalue weighted by molar-refractivity contribution is 0.838. The number of hydrogen-bond donors (Lipinski definition) is 1. The summed E-state index contributed by atoms with van der Waals surface area (Å²) in [5.41, 5.74) is 4.39. The zero-order valence-electron chi connectivity index (χ0n) is 17.2. The van der Waals surface area contributed by atoms with Crippen LogP contribution >= 0.6 is 22.9 Å². The summed E-state index contributed by atoms with van der Waals surface area (Å²) < 4.78 is 1.67. The second-order valence-electron chi connectivity index (χ2n) is 7.42. The average molecular weight is 459 g/mol. The number of thiazole rings is 1. The number of aromatic nitrogens is 3. The van der Waals surface area contributed by atoms with Gasteiger partial charge in [0.1, 0.15) is 5.82 Å². The van der Waals surface area contributed by atoms with Gasteiger partial charge < -0.3 is 5.32 Å². The van der Waals surface area contributed by atoms with E-state index in [-0.39, 0.29) is 5.56 Å². The fraction of sp³-hybridized carbons (Fsp3) is 0.0800. The Balaban J connectivity index is 1.50. The minimum atomic E-state index is -0.0859. The first-order valence-corrected chi connectivity index (χ1v) is 11.4. The number of halogens is 1. The van der Waals surface area contributed by atoms with E-state index in [1.54, 1.807) is 4.57 Å². The van der Waals surface area contributed by atoms with E-state index in [0.717, 1.165) is 27.6 Å². The highest BCUT2D eigenvalue weighted by molar-refractivity contribution is 7.14. The van der Waals surface area contributed by atoms with Gasteiger partial charge in [0.05, 0.1) is 28.8 Å².